The zero-order valence-electron chi connectivity index (χ0n) is 11.7. The van der Waals surface area contributed by atoms with Crippen molar-refractivity contribution in [2.75, 3.05) is 26.4 Å². The van der Waals surface area contributed by atoms with Crippen LogP contribution in [0.4, 0.5) is 13.2 Å². The van der Waals surface area contributed by atoms with Gasteiger partial charge >= 0.3 is 6.18 Å². The van der Waals surface area contributed by atoms with Crippen molar-refractivity contribution in [1.82, 2.24) is 0 Å². The molecule has 0 aromatic heterocycles. The Morgan fingerprint density at radius 1 is 1.24 bits per heavy atom. The van der Waals surface area contributed by atoms with Crippen LogP contribution in [0.5, 0.6) is 5.75 Å². The van der Waals surface area contributed by atoms with E-state index in [2.05, 4.69) is 16.6 Å². The Morgan fingerprint density at radius 3 is 2.67 bits per heavy atom. The van der Waals surface area contributed by atoms with Gasteiger partial charge in [-0.05, 0) is 24.6 Å². The number of hydrogen-bond acceptors (Lipinski definition) is 3. The molecule has 0 heterocycles. The summed E-state index contributed by atoms with van der Waals surface area (Å²) in [6.07, 6.45) is -3.98. The molecular formula is C15H17F3O3. The van der Waals surface area contributed by atoms with Crippen LogP contribution >= 0.6 is 0 Å². The number of aliphatic hydroxyl groups is 1. The van der Waals surface area contributed by atoms with Gasteiger partial charge in [-0.2, -0.15) is 13.2 Å². The van der Waals surface area contributed by atoms with E-state index in [-0.39, 0.29) is 19.8 Å². The highest BCUT2D eigenvalue weighted by molar-refractivity contribution is 5.48. The summed E-state index contributed by atoms with van der Waals surface area (Å²) in [6, 6.07) is 5.35. The summed E-state index contributed by atoms with van der Waals surface area (Å²) in [4.78, 5) is 0. The van der Waals surface area contributed by atoms with E-state index in [4.69, 9.17) is 9.84 Å². The Labute approximate surface area is 121 Å². The van der Waals surface area contributed by atoms with Crippen molar-refractivity contribution >= 4 is 0 Å². The minimum atomic E-state index is -4.33. The summed E-state index contributed by atoms with van der Waals surface area (Å²) in [5, 5.41) is 8.69. The third kappa shape index (κ3) is 7.59. The summed E-state index contributed by atoms with van der Waals surface area (Å²) < 4.78 is 45.5. The second-order valence-electron chi connectivity index (χ2n) is 4.29. The number of halogens is 3. The molecule has 116 valence electrons. The fourth-order valence-electron chi connectivity index (χ4n) is 1.48. The van der Waals surface area contributed by atoms with Gasteiger partial charge in [-0.3, -0.25) is 0 Å². The van der Waals surface area contributed by atoms with Gasteiger partial charge in [0.1, 0.15) is 19.0 Å². The molecule has 0 amide bonds. The normalized spacial score (nSPS) is 10.9. The highest BCUT2D eigenvalue weighted by atomic mass is 19.4. The zero-order chi connectivity index (χ0) is 15.7. The van der Waals surface area contributed by atoms with Gasteiger partial charge in [0.2, 0.25) is 0 Å². The van der Waals surface area contributed by atoms with Crippen LogP contribution < -0.4 is 4.74 Å². The Kier molecular flexibility index (Phi) is 7.06. The molecule has 0 radical (unpaired) electrons. The molecule has 0 bridgehead atoms. The van der Waals surface area contributed by atoms with Gasteiger partial charge in [0.15, 0.2) is 0 Å². The third-order valence-electron chi connectivity index (χ3n) is 2.35. The lowest BCUT2D eigenvalue weighted by Gasteiger charge is -2.10. The van der Waals surface area contributed by atoms with Crippen LogP contribution in [0, 0.1) is 18.8 Å². The fraction of sp³-hybridized carbons (Fsp3) is 0.467. The average molecular weight is 302 g/mol. The van der Waals surface area contributed by atoms with Crippen molar-refractivity contribution in [1.29, 1.82) is 0 Å². The van der Waals surface area contributed by atoms with Crippen molar-refractivity contribution in [3.63, 3.8) is 0 Å². The van der Waals surface area contributed by atoms with E-state index in [1.165, 1.54) is 0 Å². The fourth-order valence-corrected chi connectivity index (χ4v) is 1.48. The van der Waals surface area contributed by atoms with Gasteiger partial charge in [0.25, 0.3) is 0 Å². The molecule has 0 aliphatic heterocycles. The molecule has 0 atom stereocenters. The van der Waals surface area contributed by atoms with E-state index in [1.807, 2.05) is 19.1 Å². The minimum absolute atomic E-state index is 0.00776. The van der Waals surface area contributed by atoms with E-state index >= 15 is 0 Å². The molecule has 0 saturated heterocycles. The number of aliphatic hydroxyl groups excluding tert-OH is 1. The van der Waals surface area contributed by atoms with Gasteiger partial charge in [-0.1, -0.05) is 17.9 Å². The van der Waals surface area contributed by atoms with Crippen molar-refractivity contribution in [3.8, 4) is 17.6 Å². The standard InChI is InChI=1S/C15H17F3O3/c1-12-5-6-14(13(10-12)4-2-3-7-19)21-9-8-20-11-15(16,17)18/h5-6,10,19H,3,7-9,11H2,1H3. The maximum Gasteiger partial charge on any atom is 0.411 e. The summed E-state index contributed by atoms with van der Waals surface area (Å²) >= 11 is 0. The summed E-state index contributed by atoms with van der Waals surface area (Å²) in [6.45, 7) is 0.436. The summed E-state index contributed by atoms with van der Waals surface area (Å²) in [5.41, 5.74) is 1.63. The first-order valence-corrected chi connectivity index (χ1v) is 6.40. The molecule has 1 aromatic rings. The molecule has 0 saturated carbocycles. The first-order valence-electron chi connectivity index (χ1n) is 6.40. The molecule has 1 rings (SSSR count). The number of alkyl halides is 3. The van der Waals surface area contributed by atoms with Crippen LogP contribution in [-0.4, -0.2) is 37.7 Å². The molecule has 0 fully saturated rings. The molecule has 3 nitrogen and oxygen atoms in total. The summed E-state index contributed by atoms with van der Waals surface area (Å²) in [7, 11) is 0. The lowest BCUT2D eigenvalue weighted by Crippen LogP contribution is -2.19. The van der Waals surface area contributed by atoms with Gasteiger partial charge < -0.3 is 14.6 Å². The lowest BCUT2D eigenvalue weighted by atomic mass is 10.1. The summed E-state index contributed by atoms with van der Waals surface area (Å²) in [5.74, 6) is 6.13. The maximum absolute atomic E-state index is 11.9. The van der Waals surface area contributed by atoms with Gasteiger partial charge in [-0.25, -0.2) is 0 Å². The molecule has 0 unspecified atom stereocenters. The molecular weight excluding hydrogens is 285 g/mol. The Balaban J connectivity index is 2.53. The Morgan fingerprint density at radius 2 is 2.00 bits per heavy atom. The SMILES string of the molecule is Cc1ccc(OCCOCC(F)(F)F)c(C#CCCO)c1. The second-order valence-corrected chi connectivity index (χ2v) is 4.29. The molecule has 0 spiro atoms. The monoisotopic (exact) mass is 302 g/mol. The van der Waals surface area contributed by atoms with E-state index in [1.54, 1.807) is 6.07 Å². The van der Waals surface area contributed by atoms with Gasteiger partial charge in [-0.15, -0.1) is 0 Å². The Bertz CT molecular complexity index is 501. The highest BCUT2D eigenvalue weighted by Gasteiger charge is 2.27. The molecule has 1 N–H and O–H groups in total. The largest absolute Gasteiger partial charge is 0.490 e. The number of aryl methyl sites for hydroxylation is 1. The lowest BCUT2D eigenvalue weighted by molar-refractivity contribution is -0.175. The first-order chi connectivity index (χ1) is 9.92. The van der Waals surface area contributed by atoms with Crippen molar-refractivity contribution in [2.45, 2.75) is 19.5 Å². The average Bonchev–Trinajstić information content (AvgIpc) is 2.39. The maximum atomic E-state index is 11.9. The van der Waals surface area contributed by atoms with Crippen molar-refractivity contribution < 1.29 is 27.8 Å². The van der Waals surface area contributed by atoms with E-state index < -0.39 is 12.8 Å². The van der Waals surface area contributed by atoms with E-state index in [9.17, 15) is 13.2 Å². The first kappa shape index (κ1) is 17.3. The topological polar surface area (TPSA) is 38.7 Å². The van der Waals surface area contributed by atoms with Crippen LogP contribution in [0.15, 0.2) is 18.2 Å². The molecule has 6 heteroatoms. The minimum Gasteiger partial charge on any atom is -0.490 e. The molecule has 0 aliphatic carbocycles. The third-order valence-corrected chi connectivity index (χ3v) is 2.35. The number of hydrogen-bond donors (Lipinski definition) is 1. The van der Waals surface area contributed by atoms with Crippen LogP contribution in [0.1, 0.15) is 17.5 Å². The number of benzene rings is 1. The highest BCUT2D eigenvalue weighted by Crippen LogP contribution is 2.19. The number of ether oxygens (including phenoxy) is 2. The van der Waals surface area contributed by atoms with Crippen LogP contribution in [0.2, 0.25) is 0 Å². The zero-order valence-corrected chi connectivity index (χ0v) is 11.7. The molecule has 21 heavy (non-hydrogen) atoms. The van der Waals surface area contributed by atoms with Gasteiger partial charge in [0.05, 0.1) is 18.8 Å². The molecule has 1 aromatic carbocycles. The van der Waals surface area contributed by atoms with Crippen LogP contribution in [-0.2, 0) is 4.74 Å². The van der Waals surface area contributed by atoms with Crippen molar-refractivity contribution in [2.24, 2.45) is 0 Å². The van der Waals surface area contributed by atoms with Gasteiger partial charge in [0, 0.05) is 6.42 Å². The predicted molar refractivity (Wildman–Crippen MR) is 72.1 cm³/mol. The van der Waals surface area contributed by atoms with E-state index in [0.29, 0.717) is 17.7 Å². The number of rotatable bonds is 6. The predicted octanol–water partition coefficient (Wildman–Crippen LogP) is 2.69. The van der Waals surface area contributed by atoms with Crippen LogP contribution in [0.3, 0.4) is 0 Å². The Hall–Kier alpha value is -1.71. The molecule has 0 aliphatic rings. The van der Waals surface area contributed by atoms with Crippen LogP contribution in [0.25, 0.3) is 0 Å². The van der Waals surface area contributed by atoms with Crippen molar-refractivity contribution in [3.05, 3.63) is 29.3 Å². The quantitative estimate of drug-likeness (QED) is 0.648. The second kappa shape index (κ2) is 8.55. The van der Waals surface area contributed by atoms with E-state index in [0.717, 1.165) is 5.56 Å². The smallest absolute Gasteiger partial charge is 0.411 e.